The fourth-order valence-corrected chi connectivity index (χ4v) is 1.80. The normalized spacial score (nSPS) is 12.4. The summed E-state index contributed by atoms with van der Waals surface area (Å²) in [7, 11) is 0. The highest BCUT2D eigenvalue weighted by Gasteiger charge is 2.06. The maximum atomic E-state index is 10.2. The summed E-state index contributed by atoms with van der Waals surface area (Å²) in [5, 5.41) is 8.38. The largest absolute Gasteiger partial charge is 0.506 e. The van der Waals surface area contributed by atoms with Crippen LogP contribution in [0.5, 0.6) is 0 Å². The van der Waals surface area contributed by atoms with E-state index in [1.54, 1.807) is 0 Å². The first-order chi connectivity index (χ1) is 7.66. The van der Waals surface area contributed by atoms with Gasteiger partial charge in [-0.3, -0.25) is 0 Å². The molecule has 0 heterocycles. The molecule has 0 aromatic heterocycles. The first-order valence-corrected chi connectivity index (χ1v) is 6.56. The second-order valence-electron chi connectivity index (χ2n) is 4.46. The topological polar surface area (TPSA) is 46.5 Å². The van der Waals surface area contributed by atoms with Gasteiger partial charge in [0, 0.05) is 0 Å². The lowest BCUT2D eigenvalue weighted by atomic mass is 10.1. The second kappa shape index (κ2) is 10.8. The van der Waals surface area contributed by atoms with Crippen LogP contribution in [0, 0.1) is 0 Å². The molecule has 0 bridgehead atoms. The summed E-state index contributed by atoms with van der Waals surface area (Å²) in [6, 6.07) is 0. The number of carboxylic acid groups (broad SMARTS) is 1. The number of hydrogen-bond donors (Lipinski definition) is 1. The van der Waals surface area contributed by atoms with E-state index in [1.807, 2.05) is 6.92 Å². The van der Waals surface area contributed by atoms with Crippen molar-refractivity contribution in [3.05, 3.63) is 0 Å². The molecular weight excluding hydrogens is 204 g/mol. The summed E-state index contributed by atoms with van der Waals surface area (Å²) in [5.41, 5.74) is 0. The molecule has 0 aromatic rings. The zero-order chi connectivity index (χ0) is 12.2. The standard InChI is InChI=1S/C13H26O3/c1-3-4-5-6-7-8-9-10-11-12(2)16-13(14)15/h12H,3-11H2,1-2H3,(H,14,15). The van der Waals surface area contributed by atoms with E-state index in [1.165, 1.54) is 44.9 Å². The summed E-state index contributed by atoms with van der Waals surface area (Å²) >= 11 is 0. The van der Waals surface area contributed by atoms with Crippen molar-refractivity contribution in [1.82, 2.24) is 0 Å². The molecule has 96 valence electrons. The van der Waals surface area contributed by atoms with Crippen LogP contribution in [0.2, 0.25) is 0 Å². The predicted octanol–water partition coefficient (Wildman–Crippen LogP) is 4.60. The summed E-state index contributed by atoms with van der Waals surface area (Å²) < 4.78 is 4.63. The van der Waals surface area contributed by atoms with E-state index in [9.17, 15) is 4.79 Å². The van der Waals surface area contributed by atoms with Gasteiger partial charge in [0.2, 0.25) is 0 Å². The lowest BCUT2D eigenvalue weighted by Crippen LogP contribution is -2.12. The van der Waals surface area contributed by atoms with Crippen molar-refractivity contribution in [2.24, 2.45) is 0 Å². The van der Waals surface area contributed by atoms with Crippen molar-refractivity contribution in [2.75, 3.05) is 0 Å². The molecule has 0 spiro atoms. The van der Waals surface area contributed by atoms with Crippen molar-refractivity contribution in [1.29, 1.82) is 0 Å². The first-order valence-electron chi connectivity index (χ1n) is 6.56. The Balaban J connectivity index is 3.11. The minimum absolute atomic E-state index is 0.155. The molecule has 0 amide bonds. The van der Waals surface area contributed by atoms with Gasteiger partial charge in [-0.15, -0.1) is 0 Å². The Kier molecular flexibility index (Phi) is 10.3. The van der Waals surface area contributed by atoms with Crippen LogP contribution in [-0.4, -0.2) is 17.4 Å². The zero-order valence-electron chi connectivity index (χ0n) is 10.7. The molecule has 16 heavy (non-hydrogen) atoms. The van der Waals surface area contributed by atoms with Gasteiger partial charge in [0.25, 0.3) is 0 Å². The van der Waals surface area contributed by atoms with Gasteiger partial charge in [0.05, 0.1) is 0 Å². The van der Waals surface area contributed by atoms with Gasteiger partial charge in [-0.1, -0.05) is 51.9 Å². The van der Waals surface area contributed by atoms with E-state index in [2.05, 4.69) is 11.7 Å². The number of hydrogen-bond acceptors (Lipinski definition) is 2. The SMILES string of the molecule is CCCCCCCCCCC(C)OC(=O)O. The van der Waals surface area contributed by atoms with E-state index in [4.69, 9.17) is 5.11 Å². The van der Waals surface area contributed by atoms with Crippen LogP contribution in [0.15, 0.2) is 0 Å². The Bertz CT molecular complexity index is 169. The van der Waals surface area contributed by atoms with Gasteiger partial charge in [-0.2, -0.15) is 0 Å². The van der Waals surface area contributed by atoms with Crippen molar-refractivity contribution >= 4 is 6.16 Å². The zero-order valence-corrected chi connectivity index (χ0v) is 10.7. The Morgan fingerprint density at radius 1 is 1.06 bits per heavy atom. The quantitative estimate of drug-likeness (QED) is 0.440. The molecule has 0 saturated heterocycles. The molecule has 0 radical (unpaired) electrons. The van der Waals surface area contributed by atoms with E-state index < -0.39 is 6.16 Å². The fraction of sp³-hybridized carbons (Fsp3) is 0.923. The van der Waals surface area contributed by atoms with E-state index in [0.717, 1.165) is 12.8 Å². The lowest BCUT2D eigenvalue weighted by molar-refractivity contribution is 0.0548. The number of carbonyl (C=O) groups is 1. The smallest absolute Gasteiger partial charge is 0.450 e. The van der Waals surface area contributed by atoms with Crippen LogP contribution < -0.4 is 0 Å². The third-order valence-corrected chi connectivity index (χ3v) is 2.77. The molecule has 1 unspecified atom stereocenters. The second-order valence-corrected chi connectivity index (χ2v) is 4.46. The van der Waals surface area contributed by atoms with E-state index in [0.29, 0.717) is 0 Å². The Morgan fingerprint density at radius 3 is 2.06 bits per heavy atom. The molecule has 0 aliphatic carbocycles. The highest BCUT2D eigenvalue weighted by Crippen LogP contribution is 2.11. The summed E-state index contributed by atoms with van der Waals surface area (Å²) in [5.74, 6) is 0. The maximum absolute atomic E-state index is 10.2. The van der Waals surface area contributed by atoms with E-state index in [-0.39, 0.29) is 6.10 Å². The van der Waals surface area contributed by atoms with Crippen LogP contribution in [0.4, 0.5) is 4.79 Å². The van der Waals surface area contributed by atoms with Crippen LogP contribution in [0.25, 0.3) is 0 Å². The van der Waals surface area contributed by atoms with Crippen molar-refractivity contribution in [3.8, 4) is 0 Å². The van der Waals surface area contributed by atoms with Gasteiger partial charge in [0.15, 0.2) is 0 Å². The number of ether oxygens (including phenoxy) is 1. The molecule has 1 N–H and O–H groups in total. The molecule has 0 aliphatic rings. The van der Waals surface area contributed by atoms with E-state index >= 15 is 0 Å². The molecular formula is C13H26O3. The van der Waals surface area contributed by atoms with Gasteiger partial charge in [0.1, 0.15) is 6.10 Å². The number of rotatable bonds is 10. The van der Waals surface area contributed by atoms with Crippen molar-refractivity contribution < 1.29 is 14.6 Å². The summed E-state index contributed by atoms with van der Waals surface area (Å²) in [6.45, 7) is 4.04. The average molecular weight is 230 g/mol. The first kappa shape index (κ1) is 15.3. The van der Waals surface area contributed by atoms with Crippen molar-refractivity contribution in [3.63, 3.8) is 0 Å². The van der Waals surface area contributed by atoms with Gasteiger partial charge in [-0.25, -0.2) is 4.79 Å². The molecule has 0 aliphatic heterocycles. The molecule has 1 atom stereocenters. The Morgan fingerprint density at radius 2 is 1.56 bits per heavy atom. The highest BCUT2D eigenvalue weighted by molar-refractivity contribution is 5.56. The fourth-order valence-electron chi connectivity index (χ4n) is 1.80. The van der Waals surface area contributed by atoms with Gasteiger partial charge < -0.3 is 9.84 Å². The maximum Gasteiger partial charge on any atom is 0.506 e. The predicted molar refractivity (Wildman–Crippen MR) is 65.8 cm³/mol. The Labute approximate surface area is 99.2 Å². The molecule has 3 heteroatoms. The summed E-state index contributed by atoms with van der Waals surface area (Å²) in [4.78, 5) is 10.2. The Hall–Kier alpha value is -0.730. The van der Waals surface area contributed by atoms with Gasteiger partial charge in [-0.05, 0) is 19.8 Å². The minimum atomic E-state index is -1.16. The average Bonchev–Trinajstić information content (AvgIpc) is 2.21. The number of unbranched alkanes of at least 4 members (excludes halogenated alkanes) is 7. The molecule has 0 fully saturated rings. The molecule has 3 nitrogen and oxygen atoms in total. The highest BCUT2D eigenvalue weighted by atomic mass is 16.7. The molecule has 0 rings (SSSR count). The third kappa shape index (κ3) is 11.3. The van der Waals surface area contributed by atoms with Crippen LogP contribution >= 0.6 is 0 Å². The molecule has 0 aromatic carbocycles. The summed E-state index contributed by atoms with van der Waals surface area (Å²) in [6.07, 6.45) is 9.72. The third-order valence-electron chi connectivity index (χ3n) is 2.77. The lowest BCUT2D eigenvalue weighted by Gasteiger charge is -2.09. The van der Waals surface area contributed by atoms with Crippen LogP contribution in [0.1, 0.15) is 71.6 Å². The van der Waals surface area contributed by atoms with Crippen molar-refractivity contribution in [2.45, 2.75) is 77.7 Å². The molecule has 0 saturated carbocycles. The minimum Gasteiger partial charge on any atom is -0.450 e. The van der Waals surface area contributed by atoms with Gasteiger partial charge >= 0.3 is 6.16 Å². The monoisotopic (exact) mass is 230 g/mol. The van der Waals surface area contributed by atoms with Crippen LogP contribution in [0.3, 0.4) is 0 Å². The van der Waals surface area contributed by atoms with Crippen LogP contribution in [-0.2, 0) is 4.74 Å².